The summed E-state index contributed by atoms with van der Waals surface area (Å²) < 4.78 is 0. The SMILES string of the molecule is CNc1nccc(N2CCCC2)n1. The van der Waals surface area contributed by atoms with Gasteiger partial charge in [0.05, 0.1) is 0 Å². The highest BCUT2D eigenvalue weighted by molar-refractivity contribution is 5.42. The van der Waals surface area contributed by atoms with Crippen LogP contribution in [0, 0.1) is 0 Å². The van der Waals surface area contributed by atoms with Gasteiger partial charge in [-0.2, -0.15) is 4.98 Å². The summed E-state index contributed by atoms with van der Waals surface area (Å²) in [6, 6.07) is 1.96. The molecular weight excluding hydrogens is 164 g/mol. The number of hydrogen-bond donors (Lipinski definition) is 1. The average molecular weight is 178 g/mol. The Kier molecular flexibility index (Phi) is 2.29. The van der Waals surface area contributed by atoms with Crippen molar-refractivity contribution in [3.05, 3.63) is 12.3 Å². The van der Waals surface area contributed by atoms with E-state index in [0.29, 0.717) is 5.95 Å². The third-order valence-corrected chi connectivity index (χ3v) is 2.29. The molecule has 0 bridgehead atoms. The predicted octanol–water partition coefficient (Wildman–Crippen LogP) is 1.12. The minimum Gasteiger partial charge on any atom is -0.357 e. The highest BCUT2D eigenvalue weighted by Gasteiger charge is 2.13. The Hall–Kier alpha value is -1.32. The summed E-state index contributed by atoms with van der Waals surface area (Å²) in [5.74, 6) is 1.74. The van der Waals surface area contributed by atoms with Crippen LogP contribution in [0.2, 0.25) is 0 Å². The maximum atomic E-state index is 4.38. The van der Waals surface area contributed by atoms with Gasteiger partial charge in [0.1, 0.15) is 5.82 Å². The molecule has 4 heteroatoms. The number of anilines is 2. The molecule has 0 atom stereocenters. The molecule has 1 saturated heterocycles. The van der Waals surface area contributed by atoms with Gasteiger partial charge < -0.3 is 10.2 Å². The first kappa shape index (κ1) is 8.29. The summed E-state index contributed by atoms with van der Waals surface area (Å²) in [6.07, 6.45) is 4.35. The standard InChI is InChI=1S/C9H14N4/c1-10-9-11-5-4-8(12-9)13-6-2-3-7-13/h4-5H,2-3,6-7H2,1H3,(H,10,11,12). The van der Waals surface area contributed by atoms with E-state index in [1.807, 2.05) is 13.1 Å². The first-order valence-corrected chi connectivity index (χ1v) is 4.66. The summed E-state index contributed by atoms with van der Waals surface area (Å²) in [5, 5.41) is 2.94. The van der Waals surface area contributed by atoms with Crippen LogP contribution in [0.5, 0.6) is 0 Å². The van der Waals surface area contributed by atoms with Crippen LogP contribution in [-0.4, -0.2) is 30.1 Å². The van der Waals surface area contributed by atoms with E-state index in [-0.39, 0.29) is 0 Å². The number of nitrogens with zero attached hydrogens (tertiary/aromatic N) is 3. The van der Waals surface area contributed by atoms with Gasteiger partial charge >= 0.3 is 0 Å². The quantitative estimate of drug-likeness (QED) is 0.736. The predicted molar refractivity (Wildman–Crippen MR) is 53.0 cm³/mol. The van der Waals surface area contributed by atoms with Crippen molar-refractivity contribution < 1.29 is 0 Å². The summed E-state index contributed by atoms with van der Waals surface area (Å²) in [5.41, 5.74) is 0. The lowest BCUT2D eigenvalue weighted by molar-refractivity contribution is 0.928. The molecule has 13 heavy (non-hydrogen) atoms. The van der Waals surface area contributed by atoms with Gasteiger partial charge in [0.15, 0.2) is 0 Å². The third kappa shape index (κ3) is 1.71. The van der Waals surface area contributed by atoms with Crippen LogP contribution in [0.25, 0.3) is 0 Å². The molecule has 1 aromatic rings. The van der Waals surface area contributed by atoms with Gasteiger partial charge in [-0.05, 0) is 18.9 Å². The first-order chi connectivity index (χ1) is 6.40. The zero-order valence-electron chi connectivity index (χ0n) is 7.82. The second kappa shape index (κ2) is 3.60. The molecule has 0 amide bonds. The molecule has 0 aliphatic carbocycles. The zero-order chi connectivity index (χ0) is 9.10. The van der Waals surface area contributed by atoms with Crippen LogP contribution in [0.15, 0.2) is 12.3 Å². The zero-order valence-corrected chi connectivity index (χ0v) is 7.82. The molecule has 1 aliphatic heterocycles. The second-order valence-electron chi connectivity index (χ2n) is 3.18. The van der Waals surface area contributed by atoms with Crippen LogP contribution in [0.3, 0.4) is 0 Å². The summed E-state index contributed by atoms with van der Waals surface area (Å²) in [4.78, 5) is 10.8. The Labute approximate surface area is 78.0 Å². The Morgan fingerprint density at radius 1 is 1.38 bits per heavy atom. The van der Waals surface area contributed by atoms with E-state index in [1.165, 1.54) is 12.8 Å². The molecule has 2 heterocycles. The van der Waals surface area contributed by atoms with E-state index in [1.54, 1.807) is 6.20 Å². The molecular formula is C9H14N4. The lowest BCUT2D eigenvalue weighted by Gasteiger charge is -2.16. The van der Waals surface area contributed by atoms with Crippen LogP contribution in [0.1, 0.15) is 12.8 Å². The van der Waals surface area contributed by atoms with Crippen molar-refractivity contribution in [1.29, 1.82) is 0 Å². The Morgan fingerprint density at radius 2 is 2.15 bits per heavy atom. The van der Waals surface area contributed by atoms with Gasteiger partial charge in [0, 0.05) is 26.3 Å². The molecule has 0 unspecified atom stereocenters. The highest BCUT2D eigenvalue weighted by atomic mass is 15.2. The number of rotatable bonds is 2. The summed E-state index contributed by atoms with van der Waals surface area (Å²) >= 11 is 0. The normalized spacial score (nSPS) is 16.2. The maximum absolute atomic E-state index is 4.38. The molecule has 4 nitrogen and oxygen atoms in total. The summed E-state index contributed by atoms with van der Waals surface area (Å²) in [7, 11) is 1.84. The highest BCUT2D eigenvalue weighted by Crippen LogP contribution is 2.17. The van der Waals surface area contributed by atoms with Crippen molar-refractivity contribution in [3.63, 3.8) is 0 Å². The van der Waals surface area contributed by atoms with Gasteiger partial charge in [-0.25, -0.2) is 4.98 Å². The van der Waals surface area contributed by atoms with E-state index in [9.17, 15) is 0 Å². The molecule has 1 fully saturated rings. The molecule has 0 spiro atoms. The van der Waals surface area contributed by atoms with Crippen LogP contribution >= 0.6 is 0 Å². The van der Waals surface area contributed by atoms with Crippen molar-refractivity contribution in [1.82, 2.24) is 9.97 Å². The Morgan fingerprint density at radius 3 is 2.85 bits per heavy atom. The van der Waals surface area contributed by atoms with Crippen molar-refractivity contribution in [2.45, 2.75) is 12.8 Å². The lowest BCUT2D eigenvalue weighted by atomic mass is 10.4. The monoisotopic (exact) mass is 178 g/mol. The molecule has 0 saturated carbocycles. The molecule has 1 aromatic heterocycles. The third-order valence-electron chi connectivity index (χ3n) is 2.29. The van der Waals surface area contributed by atoms with E-state index < -0.39 is 0 Å². The Bertz CT molecular complexity index is 281. The van der Waals surface area contributed by atoms with Crippen LogP contribution in [0.4, 0.5) is 11.8 Å². The average Bonchev–Trinajstić information content (AvgIpc) is 2.71. The minimum atomic E-state index is 0.699. The topological polar surface area (TPSA) is 41.1 Å². The van der Waals surface area contributed by atoms with Crippen LogP contribution < -0.4 is 10.2 Å². The maximum Gasteiger partial charge on any atom is 0.224 e. The lowest BCUT2D eigenvalue weighted by Crippen LogP contribution is -2.19. The smallest absolute Gasteiger partial charge is 0.224 e. The number of hydrogen-bond acceptors (Lipinski definition) is 4. The van der Waals surface area contributed by atoms with E-state index in [4.69, 9.17) is 0 Å². The fourth-order valence-electron chi connectivity index (χ4n) is 1.59. The molecule has 1 aliphatic rings. The number of aromatic nitrogens is 2. The van der Waals surface area contributed by atoms with Crippen LogP contribution in [-0.2, 0) is 0 Å². The van der Waals surface area contributed by atoms with Gasteiger partial charge in [0.2, 0.25) is 5.95 Å². The molecule has 70 valence electrons. The second-order valence-corrected chi connectivity index (χ2v) is 3.18. The first-order valence-electron chi connectivity index (χ1n) is 4.66. The van der Waals surface area contributed by atoms with Crippen molar-refractivity contribution in [2.24, 2.45) is 0 Å². The minimum absolute atomic E-state index is 0.699. The van der Waals surface area contributed by atoms with E-state index in [2.05, 4.69) is 20.2 Å². The van der Waals surface area contributed by atoms with Gasteiger partial charge in [-0.15, -0.1) is 0 Å². The fourth-order valence-corrected chi connectivity index (χ4v) is 1.59. The molecule has 2 rings (SSSR count). The van der Waals surface area contributed by atoms with Crippen molar-refractivity contribution in [2.75, 3.05) is 30.4 Å². The van der Waals surface area contributed by atoms with Gasteiger partial charge in [0.25, 0.3) is 0 Å². The van der Waals surface area contributed by atoms with Gasteiger partial charge in [-0.1, -0.05) is 0 Å². The number of nitrogens with one attached hydrogen (secondary N) is 1. The van der Waals surface area contributed by atoms with Crippen molar-refractivity contribution in [3.8, 4) is 0 Å². The molecule has 0 radical (unpaired) electrons. The van der Waals surface area contributed by atoms with E-state index >= 15 is 0 Å². The van der Waals surface area contributed by atoms with Crippen molar-refractivity contribution >= 4 is 11.8 Å². The Balaban J connectivity index is 2.18. The largest absolute Gasteiger partial charge is 0.357 e. The molecule has 0 aromatic carbocycles. The fraction of sp³-hybridized carbons (Fsp3) is 0.556. The van der Waals surface area contributed by atoms with Gasteiger partial charge in [-0.3, -0.25) is 0 Å². The molecule has 1 N–H and O–H groups in total. The summed E-state index contributed by atoms with van der Waals surface area (Å²) in [6.45, 7) is 2.25. The van der Waals surface area contributed by atoms with E-state index in [0.717, 1.165) is 18.9 Å².